The van der Waals surface area contributed by atoms with Crippen LogP contribution in [0.4, 0.5) is 0 Å². The van der Waals surface area contributed by atoms with Gasteiger partial charge in [0.15, 0.2) is 6.04 Å². The van der Waals surface area contributed by atoms with Crippen molar-refractivity contribution in [2.45, 2.75) is 121 Å². The summed E-state index contributed by atoms with van der Waals surface area (Å²) >= 11 is 0. The average molecular weight is 814 g/mol. The Bertz CT molecular complexity index is 1440. The molecule has 7 atom stereocenters. The fraction of sp³-hybridized carbons (Fsp3) is 0.706. The molecule has 1 rings (SSSR count). The maximum Gasteiger partial charge on any atom is 0.328 e. The highest BCUT2D eigenvalue weighted by Gasteiger charge is 2.33. The number of carboxylic acid groups (broad SMARTS) is 1. The van der Waals surface area contributed by atoms with Crippen molar-refractivity contribution in [3.63, 3.8) is 0 Å². The zero-order valence-corrected chi connectivity index (χ0v) is 32.5. The lowest BCUT2D eigenvalue weighted by Crippen LogP contribution is -2.59. The van der Waals surface area contributed by atoms with E-state index in [1.54, 1.807) is 13.8 Å². The van der Waals surface area contributed by atoms with E-state index in [9.17, 15) is 58.2 Å². The number of amides is 9. The van der Waals surface area contributed by atoms with Gasteiger partial charge < -0.3 is 69.9 Å². The highest BCUT2D eigenvalue weighted by atomic mass is 16.4. The Hall–Kier alpha value is -5.42. The Morgan fingerprint density at radius 2 is 1.16 bits per heavy atom. The van der Waals surface area contributed by atoms with E-state index in [-0.39, 0.29) is 38.6 Å². The van der Waals surface area contributed by atoms with Crippen LogP contribution in [0.5, 0.6) is 0 Å². The quantitative estimate of drug-likeness (QED) is 0.0344. The van der Waals surface area contributed by atoms with Crippen LogP contribution in [0.15, 0.2) is 0 Å². The Balaban J connectivity index is 2.95. The normalized spacial score (nSPS) is 16.7. The molecule has 1 aliphatic heterocycles. The number of unbranched alkanes of at least 4 members (excludes halogenated alkanes) is 1. The highest BCUT2D eigenvalue weighted by molar-refractivity contribution is 5.96. The monoisotopic (exact) mass is 813 g/mol. The van der Waals surface area contributed by atoms with Crippen LogP contribution in [-0.2, 0) is 47.9 Å². The molecule has 0 aromatic carbocycles. The van der Waals surface area contributed by atoms with Gasteiger partial charge in [0.1, 0.15) is 24.2 Å². The van der Waals surface area contributed by atoms with Crippen molar-refractivity contribution in [3.8, 4) is 0 Å². The lowest BCUT2D eigenvalue weighted by atomic mass is 10.0. The number of carbonyl (C=O) groups excluding carboxylic acids is 9. The summed E-state index contributed by atoms with van der Waals surface area (Å²) in [6.45, 7) is 3.83. The Morgan fingerprint density at radius 1 is 0.667 bits per heavy atom. The van der Waals surface area contributed by atoms with E-state index in [2.05, 4.69) is 42.5 Å². The third kappa shape index (κ3) is 19.3. The van der Waals surface area contributed by atoms with Crippen molar-refractivity contribution in [2.24, 2.45) is 23.1 Å². The summed E-state index contributed by atoms with van der Waals surface area (Å²) in [5, 5.41) is 38.7. The van der Waals surface area contributed by atoms with Crippen molar-refractivity contribution >= 4 is 59.1 Å². The number of nitrogens with two attached hydrogens (primary N) is 3. The molecule has 7 unspecified atom stereocenters. The Labute approximate surface area is 329 Å². The molecule has 23 nitrogen and oxygen atoms in total. The maximum atomic E-state index is 13.3. The summed E-state index contributed by atoms with van der Waals surface area (Å²) in [4.78, 5) is 125. The molecule has 0 aromatic rings. The summed E-state index contributed by atoms with van der Waals surface area (Å²) < 4.78 is 0. The number of rotatable bonds is 27. The SMILES string of the molecule is CC(C)C(NC(=O)C(CCCCN)NC(=O)CNC(=O)C(CCC(N)=O)NC(=O)CNC(=O)C(CCC(N)=O)NC(=O)C1CCCN1)C(=O)NC(C(=O)O)C(C)O. The van der Waals surface area contributed by atoms with E-state index in [0.717, 1.165) is 6.42 Å². The van der Waals surface area contributed by atoms with Crippen molar-refractivity contribution in [1.82, 2.24) is 42.5 Å². The topological polar surface area (TPSA) is 385 Å². The number of carbonyl (C=O) groups is 10. The second kappa shape index (κ2) is 25.7. The number of aliphatic carboxylic acids is 1. The number of primary amides is 2. The van der Waals surface area contributed by atoms with Crippen LogP contribution in [0.3, 0.4) is 0 Å². The first-order valence-corrected chi connectivity index (χ1v) is 18.7. The van der Waals surface area contributed by atoms with Crippen LogP contribution in [0.25, 0.3) is 0 Å². The van der Waals surface area contributed by atoms with E-state index in [1.165, 1.54) is 6.92 Å². The molecule has 1 fully saturated rings. The third-order valence-electron chi connectivity index (χ3n) is 8.76. The third-order valence-corrected chi connectivity index (χ3v) is 8.76. The second-order valence-electron chi connectivity index (χ2n) is 14.0. The number of aliphatic hydroxyl groups is 1. The first kappa shape index (κ1) is 49.6. The molecule has 0 aliphatic carbocycles. The molecule has 0 bridgehead atoms. The molecule has 0 radical (unpaired) electrons. The maximum absolute atomic E-state index is 13.3. The summed E-state index contributed by atoms with van der Waals surface area (Å²) in [6, 6.07) is -7.31. The van der Waals surface area contributed by atoms with Crippen molar-refractivity contribution in [3.05, 3.63) is 0 Å². The molecule has 16 N–H and O–H groups in total. The summed E-state index contributed by atoms with van der Waals surface area (Å²) in [6.07, 6.45) is -0.275. The van der Waals surface area contributed by atoms with Crippen LogP contribution < -0.4 is 59.7 Å². The van der Waals surface area contributed by atoms with E-state index in [0.29, 0.717) is 25.8 Å². The number of hydrogen-bond acceptors (Lipinski definition) is 13. The van der Waals surface area contributed by atoms with Gasteiger partial charge in [0, 0.05) is 12.8 Å². The minimum atomic E-state index is -1.65. The molecule has 1 heterocycles. The predicted octanol–water partition coefficient (Wildman–Crippen LogP) is -5.82. The molecule has 1 saturated heterocycles. The molecule has 9 amide bonds. The fourth-order valence-corrected chi connectivity index (χ4v) is 5.55. The van der Waals surface area contributed by atoms with E-state index >= 15 is 0 Å². The predicted molar refractivity (Wildman–Crippen MR) is 201 cm³/mol. The van der Waals surface area contributed by atoms with E-state index < -0.39 is 120 Å². The van der Waals surface area contributed by atoms with Gasteiger partial charge in [0.05, 0.1) is 25.2 Å². The van der Waals surface area contributed by atoms with Gasteiger partial charge in [-0.2, -0.15) is 0 Å². The smallest absolute Gasteiger partial charge is 0.328 e. The van der Waals surface area contributed by atoms with Crippen LogP contribution in [-0.4, -0.2) is 138 Å². The minimum absolute atomic E-state index is 0.0636. The largest absolute Gasteiger partial charge is 0.480 e. The van der Waals surface area contributed by atoms with Gasteiger partial charge in [-0.15, -0.1) is 0 Å². The van der Waals surface area contributed by atoms with Crippen molar-refractivity contribution in [2.75, 3.05) is 26.2 Å². The average Bonchev–Trinajstić information content (AvgIpc) is 3.68. The fourth-order valence-electron chi connectivity index (χ4n) is 5.55. The van der Waals surface area contributed by atoms with Crippen LogP contribution in [0.2, 0.25) is 0 Å². The van der Waals surface area contributed by atoms with Crippen LogP contribution >= 0.6 is 0 Å². The lowest BCUT2D eigenvalue weighted by molar-refractivity contribution is -0.145. The number of hydrogen-bond donors (Lipinski definition) is 13. The van der Waals surface area contributed by atoms with Crippen molar-refractivity contribution < 1.29 is 58.2 Å². The molecule has 0 saturated carbocycles. The molecular weight excluding hydrogens is 754 g/mol. The molecule has 0 aromatic heterocycles. The number of aliphatic hydroxyl groups excluding tert-OH is 1. The van der Waals surface area contributed by atoms with E-state index in [1.807, 2.05) is 0 Å². The van der Waals surface area contributed by atoms with Gasteiger partial charge >= 0.3 is 5.97 Å². The summed E-state index contributed by atoms with van der Waals surface area (Å²) in [5.41, 5.74) is 16.0. The molecule has 57 heavy (non-hydrogen) atoms. The standard InChI is InChI=1S/C34H59N11O12/c1-17(2)27(33(55)45-28(18(3)46)34(56)57)44-32(54)20(7-4-5-13-35)41-25(49)15-39-29(51)21(9-11-23(36)47)42-26(50)16-40-30(52)22(10-12-24(37)48)43-31(53)19-8-6-14-38-19/h17-22,27-28,38,46H,4-16,35H2,1-3H3,(H2,36,47)(H2,37,48)(H,39,51)(H,40,52)(H,41,49)(H,42,50)(H,43,53)(H,44,54)(H,45,55)(H,56,57). The highest BCUT2D eigenvalue weighted by Crippen LogP contribution is 2.09. The van der Waals surface area contributed by atoms with Gasteiger partial charge in [-0.05, 0) is 70.9 Å². The second-order valence-corrected chi connectivity index (χ2v) is 14.0. The molecule has 23 heteroatoms. The Kier molecular flexibility index (Phi) is 22.3. The zero-order chi connectivity index (χ0) is 43.2. The molecule has 0 spiro atoms. The zero-order valence-electron chi connectivity index (χ0n) is 32.5. The van der Waals surface area contributed by atoms with Gasteiger partial charge in [-0.25, -0.2) is 4.79 Å². The number of carboxylic acids is 1. The minimum Gasteiger partial charge on any atom is -0.480 e. The van der Waals surface area contributed by atoms with E-state index in [4.69, 9.17) is 17.2 Å². The van der Waals surface area contributed by atoms with Crippen molar-refractivity contribution in [1.29, 1.82) is 0 Å². The van der Waals surface area contributed by atoms with Crippen LogP contribution in [0.1, 0.15) is 78.6 Å². The van der Waals surface area contributed by atoms with Gasteiger partial charge in [-0.1, -0.05) is 13.8 Å². The molecule has 322 valence electrons. The lowest BCUT2D eigenvalue weighted by Gasteiger charge is -2.27. The van der Waals surface area contributed by atoms with Crippen LogP contribution in [0, 0.1) is 5.92 Å². The summed E-state index contributed by atoms with van der Waals surface area (Å²) in [5.74, 6) is -9.20. The van der Waals surface area contributed by atoms with Gasteiger partial charge in [-0.3, -0.25) is 43.2 Å². The Morgan fingerprint density at radius 3 is 1.58 bits per heavy atom. The molecular formula is C34H59N11O12. The summed E-state index contributed by atoms with van der Waals surface area (Å²) in [7, 11) is 0. The molecule has 1 aliphatic rings. The first-order valence-electron chi connectivity index (χ1n) is 18.7. The van der Waals surface area contributed by atoms with Gasteiger partial charge in [0.25, 0.3) is 0 Å². The van der Waals surface area contributed by atoms with Gasteiger partial charge in [0.2, 0.25) is 53.2 Å². The first-order chi connectivity index (χ1) is 26.8. The number of nitrogens with one attached hydrogen (secondary N) is 8.